The normalized spacial score (nSPS) is 23.7. The van der Waals surface area contributed by atoms with Gasteiger partial charge in [0.15, 0.2) is 0 Å². The Morgan fingerprint density at radius 1 is 1.33 bits per heavy atom. The van der Waals surface area contributed by atoms with Gasteiger partial charge in [0.25, 0.3) is 0 Å². The molecular formula is C16H22F3NO. The molecule has 1 fully saturated rings. The van der Waals surface area contributed by atoms with E-state index in [0.717, 1.165) is 31.9 Å². The Hall–Kier alpha value is -1.07. The first-order valence-electron chi connectivity index (χ1n) is 7.41. The van der Waals surface area contributed by atoms with Crippen LogP contribution in [0.2, 0.25) is 0 Å². The monoisotopic (exact) mass is 301 g/mol. The predicted octanol–water partition coefficient (Wildman–Crippen LogP) is 3.78. The zero-order valence-electron chi connectivity index (χ0n) is 12.2. The highest BCUT2D eigenvalue weighted by Crippen LogP contribution is 2.34. The van der Waals surface area contributed by atoms with E-state index in [1.165, 1.54) is 12.1 Å². The molecule has 0 aliphatic heterocycles. The molecule has 0 spiro atoms. The molecule has 1 atom stereocenters. The third-order valence-corrected chi connectivity index (χ3v) is 3.98. The summed E-state index contributed by atoms with van der Waals surface area (Å²) in [5, 5.41) is 0. The first kappa shape index (κ1) is 16.3. The van der Waals surface area contributed by atoms with Gasteiger partial charge < -0.3 is 10.5 Å². The lowest BCUT2D eigenvalue weighted by Crippen LogP contribution is -2.36. The number of ether oxygens (including phenoxy) is 1. The van der Waals surface area contributed by atoms with Crippen molar-refractivity contribution in [1.82, 2.24) is 0 Å². The molecule has 0 heterocycles. The van der Waals surface area contributed by atoms with Gasteiger partial charge in [-0.25, -0.2) is 0 Å². The molecule has 1 aliphatic carbocycles. The molecule has 0 amide bonds. The fourth-order valence-electron chi connectivity index (χ4n) is 2.93. The maximum Gasteiger partial charge on any atom is 0.416 e. The molecule has 1 unspecified atom stereocenters. The van der Waals surface area contributed by atoms with E-state index in [-0.39, 0.29) is 6.04 Å². The van der Waals surface area contributed by atoms with Gasteiger partial charge in [-0.1, -0.05) is 18.2 Å². The van der Waals surface area contributed by atoms with Crippen LogP contribution in [0.4, 0.5) is 13.2 Å². The average molecular weight is 301 g/mol. The molecular weight excluding hydrogens is 279 g/mol. The molecule has 5 heteroatoms. The molecule has 0 bridgehead atoms. The summed E-state index contributed by atoms with van der Waals surface area (Å²) in [4.78, 5) is 0. The zero-order valence-corrected chi connectivity index (χ0v) is 12.2. The number of hydrogen-bond acceptors (Lipinski definition) is 2. The standard InChI is InChI=1S/C16H22F3NO/c1-2-21-15-9-12(10-15)8-14(20)7-11-4-3-5-13(6-11)16(17,18)19/h3-6,12,14-15H,2,7-10,20H2,1H3. The van der Waals surface area contributed by atoms with Crippen LogP contribution in [0.3, 0.4) is 0 Å². The van der Waals surface area contributed by atoms with Crippen molar-refractivity contribution in [2.75, 3.05) is 6.61 Å². The summed E-state index contributed by atoms with van der Waals surface area (Å²) >= 11 is 0. The smallest absolute Gasteiger partial charge is 0.378 e. The lowest BCUT2D eigenvalue weighted by Gasteiger charge is -2.36. The van der Waals surface area contributed by atoms with E-state index in [1.54, 1.807) is 6.07 Å². The minimum absolute atomic E-state index is 0.0962. The van der Waals surface area contributed by atoms with Crippen molar-refractivity contribution < 1.29 is 17.9 Å². The second-order valence-electron chi connectivity index (χ2n) is 5.81. The Bertz CT molecular complexity index is 455. The molecule has 2 nitrogen and oxygen atoms in total. The predicted molar refractivity (Wildman–Crippen MR) is 75.9 cm³/mol. The number of halogens is 3. The third kappa shape index (κ3) is 4.71. The van der Waals surface area contributed by atoms with Crippen LogP contribution in [0, 0.1) is 5.92 Å². The van der Waals surface area contributed by atoms with E-state index in [9.17, 15) is 13.2 Å². The number of nitrogens with two attached hydrogens (primary N) is 1. The number of alkyl halides is 3. The summed E-state index contributed by atoms with van der Waals surface area (Å²) in [6, 6.07) is 5.34. The molecule has 1 saturated carbocycles. The van der Waals surface area contributed by atoms with Gasteiger partial charge in [0.05, 0.1) is 11.7 Å². The quantitative estimate of drug-likeness (QED) is 0.868. The van der Waals surface area contributed by atoms with E-state index in [2.05, 4.69) is 0 Å². The maximum atomic E-state index is 12.6. The molecule has 0 aromatic heterocycles. The third-order valence-electron chi connectivity index (χ3n) is 3.98. The van der Waals surface area contributed by atoms with Gasteiger partial charge in [-0.3, -0.25) is 0 Å². The van der Waals surface area contributed by atoms with Crippen LogP contribution in [-0.2, 0) is 17.3 Å². The van der Waals surface area contributed by atoms with Crippen LogP contribution in [0.5, 0.6) is 0 Å². The van der Waals surface area contributed by atoms with Gasteiger partial charge >= 0.3 is 6.18 Å². The molecule has 1 aliphatic rings. The summed E-state index contributed by atoms with van der Waals surface area (Å²) < 4.78 is 43.4. The minimum Gasteiger partial charge on any atom is -0.378 e. The van der Waals surface area contributed by atoms with Crippen LogP contribution in [-0.4, -0.2) is 18.8 Å². The van der Waals surface area contributed by atoms with E-state index in [1.807, 2.05) is 6.92 Å². The van der Waals surface area contributed by atoms with Crippen molar-refractivity contribution in [3.05, 3.63) is 35.4 Å². The van der Waals surface area contributed by atoms with Gasteiger partial charge in [0, 0.05) is 12.6 Å². The Morgan fingerprint density at radius 3 is 2.67 bits per heavy atom. The molecule has 0 radical (unpaired) electrons. The lowest BCUT2D eigenvalue weighted by atomic mass is 9.77. The highest BCUT2D eigenvalue weighted by molar-refractivity contribution is 5.26. The summed E-state index contributed by atoms with van der Waals surface area (Å²) in [6.45, 7) is 2.71. The minimum atomic E-state index is -4.29. The average Bonchev–Trinajstić information content (AvgIpc) is 2.35. The second-order valence-corrected chi connectivity index (χ2v) is 5.81. The van der Waals surface area contributed by atoms with E-state index >= 15 is 0 Å². The van der Waals surface area contributed by atoms with Gasteiger partial charge in [-0.15, -0.1) is 0 Å². The fraction of sp³-hybridized carbons (Fsp3) is 0.625. The van der Waals surface area contributed by atoms with Gasteiger partial charge in [0.1, 0.15) is 0 Å². The molecule has 2 N–H and O–H groups in total. The molecule has 1 aromatic rings. The Balaban J connectivity index is 1.82. The summed E-state index contributed by atoms with van der Waals surface area (Å²) in [6.07, 6.45) is -0.576. The van der Waals surface area contributed by atoms with Crippen LogP contribution in [0.1, 0.15) is 37.3 Å². The molecule has 0 saturated heterocycles. The topological polar surface area (TPSA) is 35.2 Å². The van der Waals surface area contributed by atoms with Gasteiger partial charge in [-0.2, -0.15) is 13.2 Å². The second kappa shape index (κ2) is 6.79. The Kier molecular flexibility index (Phi) is 5.27. The van der Waals surface area contributed by atoms with Crippen molar-refractivity contribution in [3.8, 4) is 0 Å². The molecule has 2 rings (SSSR count). The summed E-state index contributed by atoms with van der Waals surface area (Å²) in [5.74, 6) is 0.544. The number of benzene rings is 1. The van der Waals surface area contributed by atoms with Gasteiger partial charge in [-0.05, 0) is 50.2 Å². The summed E-state index contributed by atoms with van der Waals surface area (Å²) in [7, 11) is 0. The van der Waals surface area contributed by atoms with Crippen molar-refractivity contribution in [1.29, 1.82) is 0 Å². The first-order valence-corrected chi connectivity index (χ1v) is 7.41. The Labute approximate surface area is 123 Å². The van der Waals surface area contributed by atoms with Gasteiger partial charge in [0.2, 0.25) is 0 Å². The number of rotatable bonds is 6. The van der Waals surface area contributed by atoms with E-state index < -0.39 is 11.7 Å². The highest BCUT2D eigenvalue weighted by atomic mass is 19.4. The van der Waals surface area contributed by atoms with Crippen molar-refractivity contribution in [3.63, 3.8) is 0 Å². The molecule has 21 heavy (non-hydrogen) atoms. The fourth-order valence-corrected chi connectivity index (χ4v) is 2.93. The van der Waals surface area contributed by atoms with Crippen LogP contribution in [0.25, 0.3) is 0 Å². The van der Waals surface area contributed by atoms with E-state index in [0.29, 0.717) is 24.0 Å². The zero-order chi connectivity index (χ0) is 15.5. The Morgan fingerprint density at radius 2 is 2.05 bits per heavy atom. The van der Waals surface area contributed by atoms with Crippen molar-refractivity contribution in [2.24, 2.45) is 11.7 Å². The van der Waals surface area contributed by atoms with Crippen LogP contribution >= 0.6 is 0 Å². The first-order chi connectivity index (χ1) is 9.88. The highest BCUT2D eigenvalue weighted by Gasteiger charge is 2.32. The largest absolute Gasteiger partial charge is 0.416 e. The maximum absolute atomic E-state index is 12.6. The molecule has 1 aromatic carbocycles. The lowest BCUT2D eigenvalue weighted by molar-refractivity contribution is -0.137. The van der Waals surface area contributed by atoms with Crippen molar-refractivity contribution >= 4 is 0 Å². The number of hydrogen-bond donors (Lipinski definition) is 1. The summed E-state index contributed by atoms with van der Waals surface area (Å²) in [5.41, 5.74) is 6.12. The molecule has 118 valence electrons. The van der Waals surface area contributed by atoms with Crippen LogP contribution in [0.15, 0.2) is 24.3 Å². The van der Waals surface area contributed by atoms with E-state index in [4.69, 9.17) is 10.5 Å². The van der Waals surface area contributed by atoms with Crippen LogP contribution < -0.4 is 5.73 Å². The van der Waals surface area contributed by atoms with Crippen molar-refractivity contribution in [2.45, 2.75) is 50.9 Å². The SMILES string of the molecule is CCOC1CC(CC(N)Cc2cccc(C(F)(F)F)c2)C1.